The summed E-state index contributed by atoms with van der Waals surface area (Å²) in [4.78, 5) is 11.8. The molecule has 0 atom stereocenters. The second-order valence-corrected chi connectivity index (χ2v) is 4.69. The quantitative estimate of drug-likeness (QED) is 0.923. The monoisotopic (exact) mass is 289 g/mol. The normalized spacial score (nSPS) is 11.6. The van der Waals surface area contributed by atoms with Gasteiger partial charge in [-0.2, -0.15) is 29.6 Å². The molecule has 2 aromatic heterocycles. The Bertz CT molecular complexity index is 601. The zero-order valence-corrected chi connectivity index (χ0v) is 10.9. The lowest BCUT2D eigenvalue weighted by Crippen LogP contribution is -2.14. The van der Waals surface area contributed by atoms with E-state index in [0.29, 0.717) is 5.56 Å². The van der Waals surface area contributed by atoms with Gasteiger partial charge in [-0.3, -0.25) is 9.48 Å². The molecule has 1 N–H and O–H groups in total. The van der Waals surface area contributed by atoms with Crippen LogP contribution in [0.25, 0.3) is 0 Å². The van der Waals surface area contributed by atoms with Crippen molar-refractivity contribution in [2.24, 2.45) is 7.05 Å². The van der Waals surface area contributed by atoms with Gasteiger partial charge in [0, 0.05) is 18.0 Å². The maximum atomic E-state index is 12.7. The molecule has 0 aliphatic heterocycles. The highest BCUT2D eigenvalue weighted by Crippen LogP contribution is 2.33. The molecule has 0 saturated heterocycles. The second-order valence-electron chi connectivity index (χ2n) is 3.91. The predicted molar refractivity (Wildman–Crippen MR) is 65.2 cm³/mol. The van der Waals surface area contributed by atoms with E-state index >= 15 is 0 Å². The van der Waals surface area contributed by atoms with E-state index in [2.05, 4.69) is 10.4 Å². The number of aromatic nitrogens is 2. The van der Waals surface area contributed by atoms with Crippen LogP contribution < -0.4 is 5.32 Å². The van der Waals surface area contributed by atoms with Crippen LogP contribution >= 0.6 is 11.3 Å². The number of carbonyl (C=O) groups excluding carboxylic acids is 1. The Morgan fingerprint density at radius 3 is 2.63 bits per heavy atom. The molecule has 2 rings (SSSR count). The lowest BCUT2D eigenvalue weighted by molar-refractivity contribution is -0.141. The van der Waals surface area contributed by atoms with Crippen molar-refractivity contribution in [2.75, 3.05) is 5.32 Å². The maximum absolute atomic E-state index is 12.7. The van der Waals surface area contributed by atoms with E-state index in [4.69, 9.17) is 0 Å². The number of rotatable bonds is 2. The first-order valence-corrected chi connectivity index (χ1v) is 6.19. The number of thiophene rings is 1. The summed E-state index contributed by atoms with van der Waals surface area (Å²) in [5.41, 5.74) is -0.687. The van der Waals surface area contributed by atoms with Crippen molar-refractivity contribution in [1.29, 1.82) is 0 Å². The minimum atomic E-state index is -4.53. The fourth-order valence-electron chi connectivity index (χ4n) is 1.65. The van der Waals surface area contributed by atoms with Crippen LogP contribution in [-0.2, 0) is 13.2 Å². The summed E-state index contributed by atoms with van der Waals surface area (Å²) in [5.74, 6) is -0.412. The van der Waals surface area contributed by atoms with Crippen LogP contribution in [0.4, 0.5) is 19.0 Å². The molecule has 19 heavy (non-hydrogen) atoms. The molecular weight excluding hydrogens is 279 g/mol. The van der Waals surface area contributed by atoms with Crippen LogP contribution in [-0.4, -0.2) is 15.7 Å². The average molecular weight is 289 g/mol. The van der Waals surface area contributed by atoms with Gasteiger partial charge in [0.05, 0.1) is 5.56 Å². The number of carbonyl (C=O) groups is 1. The molecule has 102 valence electrons. The standard InChI is InChI=1S/C11H10F3N3OS/c1-6-8(11(12,13)14)16-17(2)9(6)15-10(18)7-3-4-19-5-7/h3-5H,1-2H3,(H,15,18). The molecule has 2 aromatic rings. The highest BCUT2D eigenvalue weighted by Gasteiger charge is 2.37. The number of halogens is 3. The van der Waals surface area contributed by atoms with Gasteiger partial charge in [-0.15, -0.1) is 0 Å². The van der Waals surface area contributed by atoms with Gasteiger partial charge in [0.1, 0.15) is 5.82 Å². The van der Waals surface area contributed by atoms with Crippen molar-refractivity contribution in [3.05, 3.63) is 33.6 Å². The Morgan fingerprint density at radius 1 is 1.47 bits per heavy atom. The molecule has 4 nitrogen and oxygen atoms in total. The van der Waals surface area contributed by atoms with Gasteiger partial charge < -0.3 is 5.32 Å². The third-order valence-corrected chi connectivity index (χ3v) is 3.25. The van der Waals surface area contributed by atoms with Gasteiger partial charge in [-0.25, -0.2) is 0 Å². The van der Waals surface area contributed by atoms with E-state index in [-0.39, 0.29) is 11.4 Å². The summed E-state index contributed by atoms with van der Waals surface area (Å²) < 4.78 is 39.0. The number of hydrogen-bond acceptors (Lipinski definition) is 3. The lowest BCUT2D eigenvalue weighted by Gasteiger charge is -2.06. The number of hydrogen-bond donors (Lipinski definition) is 1. The zero-order chi connectivity index (χ0) is 14.2. The minimum Gasteiger partial charge on any atom is -0.307 e. The Labute approximate surface area is 110 Å². The van der Waals surface area contributed by atoms with E-state index in [1.54, 1.807) is 16.8 Å². The molecule has 8 heteroatoms. The summed E-state index contributed by atoms with van der Waals surface area (Å²) in [6, 6.07) is 1.59. The largest absolute Gasteiger partial charge is 0.435 e. The van der Waals surface area contributed by atoms with Gasteiger partial charge in [0.15, 0.2) is 5.69 Å². The van der Waals surface area contributed by atoms with Crippen LogP contribution in [0.15, 0.2) is 16.8 Å². The van der Waals surface area contributed by atoms with Crippen molar-refractivity contribution < 1.29 is 18.0 Å². The van der Waals surface area contributed by atoms with E-state index < -0.39 is 17.8 Å². The molecular formula is C11H10F3N3OS. The molecule has 0 unspecified atom stereocenters. The molecule has 0 saturated carbocycles. The molecule has 0 fully saturated rings. The van der Waals surface area contributed by atoms with Crippen molar-refractivity contribution in [1.82, 2.24) is 9.78 Å². The molecule has 2 heterocycles. The number of alkyl halides is 3. The van der Waals surface area contributed by atoms with Gasteiger partial charge in [0.2, 0.25) is 0 Å². The third kappa shape index (κ3) is 2.62. The predicted octanol–water partition coefficient (Wildman–Crippen LogP) is 3.06. The highest BCUT2D eigenvalue weighted by molar-refractivity contribution is 7.08. The molecule has 0 spiro atoms. The van der Waals surface area contributed by atoms with Crippen molar-refractivity contribution in [3.63, 3.8) is 0 Å². The fourth-order valence-corrected chi connectivity index (χ4v) is 2.28. The average Bonchev–Trinajstić information content (AvgIpc) is 2.91. The molecule has 1 amide bonds. The summed E-state index contributed by atoms with van der Waals surface area (Å²) in [6.07, 6.45) is -4.53. The Morgan fingerprint density at radius 2 is 2.16 bits per heavy atom. The molecule has 0 aliphatic rings. The van der Waals surface area contributed by atoms with Crippen molar-refractivity contribution >= 4 is 23.1 Å². The first-order chi connectivity index (χ1) is 8.80. The third-order valence-electron chi connectivity index (χ3n) is 2.57. The van der Waals surface area contributed by atoms with E-state index in [1.165, 1.54) is 25.3 Å². The van der Waals surface area contributed by atoms with E-state index in [0.717, 1.165) is 4.68 Å². The second kappa shape index (κ2) is 4.69. The van der Waals surface area contributed by atoms with Gasteiger partial charge in [-0.1, -0.05) is 0 Å². The van der Waals surface area contributed by atoms with Gasteiger partial charge in [0.25, 0.3) is 5.91 Å². The Balaban J connectivity index is 2.32. The Hall–Kier alpha value is -1.83. The zero-order valence-electron chi connectivity index (χ0n) is 10.1. The smallest absolute Gasteiger partial charge is 0.307 e. The summed E-state index contributed by atoms with van der Waals surface area (Å²) in [7, 11) is 1.35. The van der Waals surface area contributed by atoms with Crippen molar-refractivity contribution in [2.45, 2.75) is 13.1 Å². The van der Waals surface area contributed by atoms with Crippen LogP contribution in [0.5, 0.6) is 0 Å². The number of nitrogens with one attached hydrogen (secondary N) is 1. The number of nitrogens with zero attached hydrogens (tertiary/aromatic N) is 2. The molecule has 0 aromatic carbocycles. The van der Waals surface area contributed by atoms with Crippen LogP contribution in [0.2, 0.25) is 0 Å². The summed E-state index contributed by atoms with van der Waals surface area (Å²) in [5, 5.41) is 9.17. The minimum absolute atomic E-state index is 0.0449. The summed E-state index contributed by atoms with van der Waals surface area (Å²) >= 11 is 1.33. The molecule has 0 bridgehead atoms. The first-order valence-electron chi connectivity index (χ1n) is 5.25. The molecule has 0 aliphatic carbocycles. The number of anilines is 1. The van der Waals surface area contributed by atoms with Crippen LogP contribution in [0.1, 0.15) is 21.6 Å². The fraction of sp³-hybridized carbons (Fsp3) is 0.273. The van der Waals surface area contributed by atoms with Gasteiger partial charge in [-0.05, 0) is 18.4 Å². The maximum Gasteiger partial charge on any atom is 0.435 e. The lowest BCUT2D eigenvalue weighted by atomic mass is 10.2. The highest BCUT2D eigenvalue weighted by atomic mass is 32.1. The van der Waals surface area contributed by atoms with Crippen molar-refractivity contribution in [3.8, 4) is 0 Å². The topological polar surface area (TPSA) is 46.9 Å². The van der Waals surface area contributed by atoms with Crippen LogP contribution in [0, 0.1) is 6.92 Å². The molecule has 0 radical (unpaired) electrons. The first kappa shape index (κ1) is 13.6. The van der Waals surface area contributed by atoms with E-state index in [9.17, 15) is 18.0 Å². The Kier molecular flexibility index (Phi) is 3.36. The SMILES string of the molecule is Cc1c(C(F)(F)F)nn(C)c1NC(=O)c1ccsc1. The van der Waals surface area contributed by atoms with Crippen LogP contribution in [0.3, 0.4) is 0 Å². The number of aryl methyl sites for hydroxylation is 1. The number of amides is 1. The van der Waals surface area contributed by atoms with E-state index in [1.807, 2.05) is 0 Å². The van der Waals surface area contributed by atoms with Gasteiger partial charge >= 0.3 is 6.18 Å². The summed E-state index contributed by atoms with van der Waals surface area (Å²) in [6.45, 7) is 1.28.